The molecule has 0 radical (unpaired) electrons. The third kappa shape index (κ3) is 8.42. The number of alkyl halides is 1. The summed E-state index contributed by atoms with van der Waals surface area (Å²) in [6, 6.07) is 4.36. The van der Waals surface area contributed by atoms with Gasteiger partial charge in [-0.1, -0.05) is 32.4 Å². The predicted octanol–water partition coefficient (Wildman–Crippen LogP) is 6.02. The Morgan fingerprint density at radius 2 is 1.84 bits per heavy atom. The van der Waals surface area contributed by atoms with Crippen molar-refractivity contribution in [1.29, 1.82) is 0 Å². The molecule has 2 aliphatic carbocycles. The summed E-state index contributed by atoms with van der Waals surface area (Å²) in [7, 11) is -4.35. The zero-order valence-electron chi connectivity index (χ0n) is 34.1. The van der Waals surface area contributed by atoms with Crippen LogP contribution in [0.25, 0.3) is 10.8 Å². The first-order chi connectivity index (χ1) is 27.5. The number of nitrogens with zero attached hydrogens (tertiary/aromatic N) is 2. The predicted molar refractivity (Wildman–Crippen MR) is 212 cm³/mol. The van der Waals surface area contributed by atoms with E-state index in [1.165, 1.54) is 4.90 Å². The van der Waals surface area contributed by atoms with Crippen molar-refractivity contribution in [2.75, 3.05) is 26.4 Å². The quantitative estimate of drug-likeness (QED) is 0.232. The molecule has 3 aliphatic heterocycles. The second-order valence-corrected chi connectivity index (χ2v) is 20.1. The molecule has 2 saturated carbocycles. The number of allylic oxidation sites excluding steroid dienone is 2. The molecule has 3 fully saturated rings. The van der Waals surface area contributed by atoms with Crippen molar-refractivity contribution in [3.8, 4) is 17.4 Å². The number of carbonyl (C=O) groups excluding carboxylic acids is 4. The van der Waals surface area contributed by atoms with Gasteiger partial charge in [-0.3, -0.25) is 23.9 Å². The molecule has 1 aromatic carbocycles. The number of ketones is 1. The van der Waals surface area contributed by atoms with Crippen LogP contribution in [0.2, 0.25) is 0 Å². The minimum atomic E-state index is -4.35. The fourth-order valence-electron chi connectivity index (χ4n) is 9.05. The average molecular weight is 826 g/mol. The fourth-order valence-corrected chi connectivity index (χ4v) is 10.5. The monoisotopic (exact) mass is 825 g/mol. The Hall–Kier alpha value is -4.27. The van der Waals surface area contributed by atoms with Crippen LogP contribution in [0.4, 0.5) is 4.39 Å². The van der Waals surface area contributed by atoms with Crippen molar-refractivity contribution in [1.82, 2.24) is 14.6 Å². The summed E-state index contributed by atoms with van der Waals surface area (Å²) in [5, 5.41) is 1.39. The number of halogens is 1. The Morgan fingerprint density at radius 1 is 1.09 bits per heavy atom. The van der Waals surface area contributed by atoms with E-state index in [2.05, 4.69) is 16.6 Å². The molecular weight excluding hydrogens is 770 g/mol. The second-order valence-electron chi connectivity index (χ2n) is 18.1. The van der Waals surface area contributed by atoms with Crippen LogP contribution in [0, 0.1) is 29.1 Å². The summed E-state index contributed by atoms with van der Waals surface area (Å²) < 4.78 is 65.0. The van der Waals surface area contributed by atoms with E-state index in [9.17, 15) is 27.2 Å². The first-order valence-electron chi connectivity index (χ1n) is 20.7. The lowest BCUT2D eigenvalue weighted by atomic mass is 9.79. The molecule has 7 atom stereocenters. The summed E-state index contributed by atoms with van der Waals surface area (Å²) in [4.78, 5) is 63.3. The first-order valence-corrected chi connectivity index (χ1v) is 22.2. The number of rotatable bonds is 9. The molecule has 0 unspecified atom stereocenters. The third-order valence-electron chi connectivity index (χ3n) is 12.6. The minimum Gasteiger partial charge on any atom is -0.486 e. The molecule has 7 rings (SSSR count). The normalized spacial score (nSPS) is 30.3. The molecular formula is C43H56FN3O10S. The van der Waals surface area contributed by atoms with E-state index >= 15 is 4.79 Å². The molecule has 4 heterocycles. The van der Waals surface area contributed by atoms with Crippen molar-refractivity contribution < 1.29 is 50.9 Å². The zero-order valence-corrected chi connectivity index (χ0v) is 34.9. The van der Waals surface area contributed by atoms with E-state index in [-0.39, 0.29) is 68.7 Å². The molecule has 5 aliphatic rings. The van der Waals surface area contributed by atoms with Crippen molar-refractivity contribution in [3.63, 3.8) is 0 Å². The highest BCUT2D eigenvalue weighted by Gasteiger charge is 2.63. The van der Waals surface area contributed by atoms with Gasteiger partial charge in [0.2, 0.25) is 27.7 Å². The number of sulfonamides is 1. The molecule has 13 nitrogen and oxygen atoms in total. The summed E-state index contributed by atoms with van der Waals surface area (Å²) in [6.07, 6.45) is 7.47. The van der Waals surface area contributed by atoms with E-state index < -0.39 is 74.1 Å². The topological polar surface area (TPSA) is 168 Å². The summed E-state index contributed by atoms with van der Waals surface area (Å²) in [6.45, 7) is 9.13. The number of amides is 2. The number of nitrogens with one attached hydrogen (secondary N) is 1. The Morgan fingerprint density at radius 3 is 2.55 bits per heavy atom. The van der Waals surface area contributed by atoms with Gasteiger partial charge in [-0.25, -0.2) is 17.8 Å². The molecule has 0 spiro atoms. The van der Waals surface area contributed by atoms with E-state index in [1.807, 2.05) is 25.1 Å². The smallest absolute Gasteiger partial charge is 0.307 e. The van der Waals surface area contributed by atoms with Crippen LogP contribution in [0.5, 0.6) is 17.4 Å². The van der Waals surface area contributed by atoms with Crippen molar-refractivity contribution in [3.05, 3.63) is 36.5 Å². The molecule has 316 valence electrons. The number of esters is 1. The summed E-state index contributed by atoms with van der Waals surface area (Å²) >= 11 is 0. The SMILES string of the molecule is CC[C@@H]1C[C@H](C)CC/C=C\[C@@H]2C[C@@]2(C(=O)NS(=O)(=O)C2(CF)CC2)CC(=O)[C@@H]2C[C@@H](Oc3nccc4c5c(ccc34)OCCO5)CN2C(=O)[C@H]1CC(=O)OC(C)(C)C. The molecule has 15 heteroatoms. The standard InChI is InChI=1S/C43H56FN3O10S/c1-6-27-19-26(2)9-7-8-10-28-22-43(28,40(51)46-58(52,53)42(25-44)14-15-42)23-34(48)33-20-29(24-47(33)39(50)32(27)21-36(49)57-41(3,4)5)56-38-31-11-12-35-37(55-18-17-54-35)30(31)13-16-45-38/h8,10-13,16,26-29,32-33H,6-7,9,14-15,17-25H2,1-5H3,(H,46,51)/b10-8-/t26-,27-,28-,29-,32+,33+,43-/m1/s1. The van der Waals surface area contributed by atoms with Crippen LogP contribution in [0.3, 0.4) is 0 Å². The molecule has 2 aromatic rings. The Balaban J connectivity index is 1.24. The van der Waals surface area contributed by atoms with Crippen molar-refractivity contribution >= 4 is 44.4 Å². The lowest BCUT2D eigenvalue weighted by Crippen LogP contribution is -2.48. The van der Waals surface area contributed by atoms with Gasteiger partial charge in [0, 0.05) is 29.8 Å². The van der Waals surface area contributed by atoms with Crippen molar-refractivity contribution in [2.24, 2.45) is 29.1 Å². The van der Waals surface area contributed by atoms with Crippen LogP contribution in [-0.2, 0) is 33.9 Å². The van der Waals surface area contributed by atoms with E-state index in [4.69, 9.17) is 18.9 Å². The van der Waals surface area contributed by atoms with Crippen LogP contribution in [0.1, 0.15) is 98.8 Å². The largest absolute Gasteiger partial charge is 0.486 e. The molecule has 1 N–H and O–H groups in total. The highest BCUT2D eigenvalue weighted by atomic mass is 32.2. The number of hydrogen-bond donors (Lipinski definition) is 1. The van der Waals surface area contributed by atoms with Gasteiger partial charge in [0.05, 0.1) is 30.3 Å². The lowest BCUT2D eigenvalue weighted by Gasteiger charge is -2.33. The van der Waals surface area contributed by atoms with Gasteiger partial charge in [0.1, 0.15) is 36.3 Å². The van der Waals surface area contributed by atoms with E-state index in [1.54, 1.807) is 39.1 Å². The van der Waals surface area contributed by atoms with Crippen LogP contribution < -0.4 is 18.9 Å². The van der Waals surface area contributed by atoms with Crippen LogP contribution in [-0.4, -0.2) is 90.8 Å². The molecule has 58 heavy (non-hydrogen) atoms. The van der Waals surface area contributed by atoms with E-state index in [0.29, 0.717) is 49.4 Å². The number of pyridine rings is 1. The van der Waals surface area contributed by atoms with Crippen molar-refractivity contribution in [2.45, 2.75) is 121 Å². The number of fused-ring (bicyclic) bond motifs is 5. The number of carbonyl (C=O) groups is 4. The maximum atomic E-state index is 15.1. The van der Waals surface area contributed by atoms with Gasteiger partial charge in [-0.15, -0.1) is 0 Å². The first kappa shape index (κ1) is 41.9. The summed E-state index contributed by atoms with van der Waals surface area (Å²) in [5.74, 6) is -1.95. The van der Waals surface area contributed by atoms with Gasteiger partial charge in [0.15, 0.2) is 17.3 Å². The number of hydrogen-bond acceptors (Lipinski definition) is 11. The zero-order chi connectivity index (χ0) is 41.6. The fraction of sp³-hybridized carbons (Fsp3) is 0.651. The van der Waals surface area contributed by atoms with Gasteiger partial charge >= 0.3 is 5.97 Å². The highest BCUT2D eigenvalue weighted by molar-refractivity contribution is 7.91. The second kappa shape index (κ2) is 16.1. The number of ether oxygens (including phenoxy) is 4. The van der Waals surface area contributed by atoms with E-state index in [0.717, 1.165) is 11.8 Å². The molecule has 2 amide bonds. The van der Waals surface area contributed by atoms with Gasteiger partial charge in [0.25, 0.3) is 0 Å². The van der Waals surface area contributed by atoms with Gasteiger partial charge < -0.3 is 23.8 Å². The number of benzene rings is 1. The number of aromatic nitrogens is 1. The van der Waals surface area contributed by atoms with Gasteiger partial charge in [-0.2, -0.15) is 0 Å². The average Bonchev–Trinajstić information content (AvgIpc) is 4.08. The highest BCUT2D eigenvalue weighted by Crippen LogP contribution is 2.58. The molecule has 1 saturated heterocycles. The summed E-state index contributed by atoms with van der Waals surface area (Å²) in [5.41, 5.74) is -2.17. The third-order valence-corrected chi connectivity index (χ3v) is 14.8. The lowest BCUT2D eigenvalue weighted by molar-refractivity contribution is -0.160. The molecule has 0 bridgehead atoms. The Labute approximate surface area is 339 Å². The molecule has 1 aromatic heterocycles. The van der Waals surface area contributed by atoms with Crippen LogP contribution >= 0.6 is 0 Å². The number of Topliss-reactive ketones (excluding diaryl/α,β-unsaturated/α-hetero) is 1. The van der Waals surface area contributed by atoms with Gasteiger partial charge in [-0.05, 0) is 95.2 Å². The maximum absolute atomic E-state index is 15.1. The minimum absolute atomic E-state index is 0.00456. The Bertz CT molecular complexity index is 2080. The Kier molecular flexibility index (Phi) is 11.6. The maximum Gasteiger partial charge on any atom is 0.307 e. The van der Waals surface area contributed by atoms with Crippen LogP contribution in [0.15, 0.2) is 36.5 Å².